The van der Waals surface area contributed by atoms with Gasteiger partial charge in [-0.05, 0) is 31.2 Å². The topological polar surface area (TPSA) is 84.9 Å². The summed E-state index contributed by atoms with van der Waals surface area (Å²) in [4.78, 5) is 27.4. The molecule has 1 aliphatic heterocycles. The van der Waals surface area contributed by atoms with Crippen LogP contribution in [0.15, 0.2) is 24.3 Å². The summed E-state index contributed by atoms with van der Waals surface area (Å²) in [5.74, 6) is -0.0423. The molecule has 0 spiro atoms. The van der Waals surface area contributed by atoms with Crippen molar-refractivity contribution in [1.82, 2.24) is 15.5 Å². The molecule has 2 rings (SSSR count). The number of carbonyl (C=O) groups is 2. The third-order valence-electron chi connectivity index (χ3n) is 3.92. The van der Waals surface area contributed by atoms with E-state index in [0.29, 0.717) is 0 Å². The summed E-state index contributed by atoms with van der Waals surface area (Å²) in [6.45, 7) is 4.87. The summed E-state index contributed by atoms with van der Waals surface area (Å²) >= 11 is 0. The smallest absolute Gasteiger partial charge is 0.321 e. The van der Waals surface area contributed by atoms with Gasteiger partial charge in [-0.1, -0.05) is 0 Å². The average Bonchev–Trinajstić information content (AvgIpc) is 2.55. The quantitative estimate of drug-likeness (QED) is 0.751. The van der Waals surface area contributed by atoms with E-state index in [-0.39, 0.29) is 17.7 Å². The van der Waals surface area contributed by atoms with Crippen LogP contribution < -0.4 is 15.5 Å². The van der Waals surface area contributed by atoms with Crippen molar-refractivity contribution in [1.29, 1.82) is 0 Å². The third kappa shape index (κ3) is 3.88. The van der Waals surface area contributed by atoms with Crippen molar-refractivity contribution < 1.29 is 14.7 Å². The molecule has 0 saturated carbocycles. The Morgan fingerprint density at radius 3 is 2.27 bits per heavy atom. The highest BCUT2D eigenvalue weighted by molar-refractivity contribution is 5.96. The monoisotopic (exact) mass is 306 g/mol. The molecule has 0 aliphatic carbocycles. The number of benzene rings is 1. The zero-order valence-corrected chi connectivity index (χ0v) is 12.9. The maximum Gasteiger partial charge on any atom is 0.321 e. The number of piperazine rings is 1. The van der Waals surface area contributed by atoms with Crippen molar-refractivity contribution in [2.45, 2.75) is 13.0 Å². The Balaban J connectivity index is 1.87. The number of carbonyl (C=O) groups excluding carboxylic acids is 2. The SMILES string of the molecule is CNC(=O)NC(=O)[C@@H](C)N1CCN(c2ccc(O)cc2)CC1. The van der Waals surface area contributed by atoms with E-state index in [4.69, 9.17) is 0 Å². The molecule has 120 valence electrons. The van der Waals surface area contributed by atoms with E-state index in [1.54, 1.807) is 19.1 Å². The molecule has 1 aromatic carbocycles. The fraction of sp³-hybridized carbons (Fsp3) is 0.467. The molecule has 22 heavy (non-hydrogen) atoms. The number of imide groups is 1. The molecule has 1 aliphatic rings. The molecule has 7 heteroatoms. The highest BCUT2D eigenvalue weighted by Crippen LogP contribution is 2.20. The summed E-state index contributed by atoms with van der Waals surface area (Å²) in [5.41, 5.74) is 1.06. The lowest BCUT2D eigenvalue weighted by atomic mass is 10.2. The zero-order chi connectivity index (χ0) is 16.1. The van der Waals surface area contributed by atoms with Crippen LogP contribution >= 0.6 is 0 Å². The van der Waals surface area contributed by atoms with Gasteiger partial charge in [-0.2, -0.15) is 0 Å². The summed E-state index contributed by atoms with van der Waals surface area (Å²) < 4.78 is 0. The van der Waals surface area contributed by atoms with Gasteiger partial charge in [-0.25, -0.2) is 4.79 Å². The number of nitrogens with one attached hydrogen (secondary N) is 2. The molecule has 0 unspecified atom stereocenters. The molecule has 1 fully saturated rings. The van der Waals surface area contributed by atoms with Crippen LogP contribution in [0.3, 0.4) is 0 Å². The number of phenols is 1. The molecule has 1 heterocycles. The van der Waals surface area contributed by atoms with E-state index in [1.165, 1.54) is 7.05 Å². The second-order valence-corrected chi connectivity index (χ2v) is 5.28. The first-order valence-electron chi connectivity index (χ1n) is 7.32. The maximum atomic E-state index is 11.9. The first-order valence-corrected chi connectivity index (χ1v) is 7.32. The van der Waals surface area contributed by atoms with Crippen LogP contribution in [0.5, 0.6) is 5.75 Å². The molecule has 7 nitrogen and oxygen atoms in total. The molecule has 1 atom stereocenters. The minimum absolute atomic E-state index is 0.252. The minimum Gasteiger partial charge on any atom is -0.508 e. The van der Waals surface area contributed by atoms with Crippen LogP contribution in [0.1, 0.15) is 6.92 Å². The fourth-order valence-electron chi connectivity index (χ4n) is 2.48. The van der Waals surface area contributed by atoms with Gasteiger partial charge in [0.1, 0.15) is 5.75 Å². The van der Waals surface area contributed by atoms with Crippen molar-refractivity contribution in [2.24, 2.45) is 0 Å². The summed E-state index contributed by atoms with van der Waals surface area (Å²) in [5, 5.41) is 14.0. The van der Waals surface area contributed by atoms with E-state index in [2.05, 4.69) is 20.4 Å². The fourth-order valence-corrected chi connectivity index (χ4v) is 2.48. The van der Waals surface area contributed by atoms with Gasteiger partial charge in [0.05, 0.1) is 6.04 Å². The van der Waals surface area contributed by atoms with Gasteiger partial charge < -0.3 is 15.3 Å². The Hall–Kier alpha value is -2.28. The Kier molecular flexibility index (Phi) is 5.21. The summed E-state index contributed by atoms with van der Waals surface area (Å²) in [7, 11) is 1.48. The van der Waals surface area contributed by atoms with Gasteiger partial charge >= 0.3 is 6.03 Å². The molecule has 0 bridgehead atoms. The lowest BCUT2D eigenvalue weighted by molar-refractivity contribution is -0.124. The van der Waals surface area contributed by atoms with Gasteiger partial charge in [0.25, 0.3) is 0 Å². The van der Waals surface area contributed by atoms with Crippen LogP contribution in [0.25, 0.3) is 0 Å². The van der Waals surface area contributed by atoms with Gasteiger partial charge in [-0.15, -0.1) is 0 Å². The third-order valence-corrected chi connectivity index (χ3v) is 3.92. The van der Waals surface area contributed by atoms with Gasteiger partial charge in [0, 0.05) is 38.9 Å². The largest absolute Gasteiger partial charge is 0.508 e. The van der Waals surface area contributed by atoms with Crippen molar-refractivity contribution in [2.75, 3.05) is 38.1 Å². The predicted octanol–water partition coefficient (Wildman–Crippen LogP) is 0.358. The summed E-state index contributed by atoms with van der Waals surface area (Å²) in [6, 6.07) is 6.26. The molecule has 1 aromatic rings. The van der Waals surface area contributed by atoms with Crippen molar-refractivity contribution >= 4 is 17.6 Å². The molecule has 1 saturated heterocycles. The number of urea groups is 1. The first-order chi connectivity index (χ1) is 10.5. The lowest BCUT2D eigenvalue weighted by Crippen LogP contribution is -2.55. The van der Waals surface area contributed by atoms with Gasteiger partial charge in [0.2, 0.25) is 5.91 Å². The van der Waals surface area contributed by atoms with Gasteiger partial charge in [0.15, 0.2) is 0 Å². The number of phenolic OH excluding ortho intramolecular Hbond substituents is 1. The van der Waals surface area contributed by atoms with Crippen LogP contribution in [0.2, 0.25) is 0 Å². The molecular weight excluding hydrogens is 284 g/mol. The number of anilines is 1. The van der Waals surface area contributed by atoms with Crippen molar-refractivity contribution in [3.8, 4) is 5.75 Å². The van der Waals surface area contributed by atoms with Crippen LogP contribution in [-0.4, -0.2) is 61.2 Å². The van der Waals surface area contributed by atoms with E-state index in [9.17, 15) is 14.7 Å². The van der Waals surface area contributed by atoms with Crippen LogP contribution in [-0.2, 0) is 4.79 Å². The molecule has 0 aromatic heterocycles. The maximum absolute atomic E-state index is 11.9. The summed E-state index contributed by atoms with van der Waals surface area (Å²) in [6.07, 6.45) is 0. The Morgan fingerprint density at radius 2 is 1.73 bits per heavy atom. The standard InChI is InChI=1S/C15H22N4O3/c1-11(14(21)17-15(22)16-2)18-7-9-19(10-8-18)12-3-5-13(20)6-4-12/h3-6,11,20H,7-10H2,1-2H3,(H2,16,17,21,22)/t11-/m1/s1. The number of rotatable bonds is 3. The Labute approximate surface area is 129 Å². The number of nitrogens with zero attached hydrogens (tertiary/aromatic N) is 2. The van der Waals surface area contributed by atoms with Crippen molar-refractivity contribution in [3.05, 3.63) is 24.3 Å². The molecule has 3 N–H and O–H groups in total. The van der Waals surface area contributed by atoms with Crippen LogP contribution in [0, 0.1) is 0 Å². The normalized spacial score (nSPS) is 16.9. The highest BCUT2D eigenvalue weighted by Gasteiger charge is 2.26. The zero-order valence-electron chi connectivity index (χ0n) is 12.9. The first kappa shape index (κ1) is 16.1. The number of aromatic hydroxyl groups is 1. The van der Waals surface area contributed by atoms with Crippen molar-refractivity contribution in [3.63, 3.8) is 0 Å². The van der Waals surface area contributed by atoms with E-state index < -0.39 is 6.03 Å². The minimum atomic E-state index is -0.487. The average molecular weight is 306 g/mol. The number of amides is 3. The number of hydrogen-bond acceptors (Lipinski definition) is 5. The van der Waals surface area contributed by atoms with Gasteiger partial charge in [-0.3, -0.25) is 15.0 Å². The second kappa shape index (κ2) is 7.13. The highest BCUT2D eigenvalue weighted by atomic mass is 16.3. The van der Waals surface area contributed by atoms with E-state index >= 15 is 0 Å². The predicted molar refractivity (Wildman–Crippen MR) is 84.0 cm³/mol. The molecular formula is C15H22N4O3. The van der Waals surface area contributed by atoms with E-state index in [1.807, 2.05) is 12.1 Å². The number of hydrogen-bond donors (Lipinski definition) is 3. The van der Waals surface area contributed by atoms with E-state index in [0.717, 1.165) is 31.9 Å². The lowest BCUT2D eigenvalue weighted by Gasteiger charge is -2.38. The van der Waals surface area contributed by atoms with Crippen LogP contribution in [0.4, 0.5) is 10.5 Å². The Morgan fingerprint density at radius 1 is 1.14 bits per heavy atom. The second-order valence-electron chi connectivity index (χ2n) is 5.28. The Bertz CT molecular complexity index is 524. The molecule has 0 radical (unpaired) electrons. The molecule has 3 amide bonds.